The number of hydrogen-bond donors (Lipinski definition) is 1. The monoisotopic (exact) mass is 273 g/mol. The summed E-state index contributed by atoms with van der Waals surface area (Å²) in [5.74, 6) is 1.96. The van der Waals surface area contributed by atoms with Gasteiger partial charge in [0, 0.05) is 24.7 Å². The van der Waals surface area contributed by atoms with Crippen molar-refractivity contribution in [3.8, 4) is 6.07 Å². The van der Waals surface area contributed by atoms with Gasteiger partial charge in [0.05, 0.1) is 12.5 Å². The van der Waals surface area contributed by atoms with Crippen LogP contribution in [0.2, 0.25) is 0 Å². The lowest BCUT2D eigenvalue weighted by molar-refractivity contribution is 0.766. The Labute approximate surface area is 121 Å². The number of nitriles is 1. The third-order valence-corrected chi connectivity index (χ3v) is 3.54. The van der Waals surface area contributed by atoms with Gasteiger partial charge in [-0.25, -0.2) is 9.97 Å². The second kappa shape index (κ2) is 7.09. The van der Waals surface area contributed by atoms with Crippen LogP contribution in [0.5, 0.6) is 0 Å². The molecule has 0 radical (unpaired) electrons. The van der Waals surface area contributed by atoms with Gasteiger partial charge >= 0.3 is 0 Å². The van der Waals surface area contributed by atoms with Crippen molar-refractivity contribution in [3.63, 3.8) is 0 Å². The summed E-state index contributed by atoms with van der Waals surface area (Å²) in [6, 6.07) is 2.79. The first-order valence-electron chi connectivity index (χ1n) is 7.53. The molecular formula is C15H23N5. The summed E-state index contributed by atoms with van der Waals surface area (Å²) in [6.07, 6.45) is 6.56. The fraction of sp³-hybridized carbons (Fsp3) is 0.667. The molecule has 0 bridgehead atoms. The van der Waals surface area contributed by atoms with Gasteiger partial charge in [-0.3, -0.25) is 0 Å². The average Bonchev–Trinajstić information content (AvgIpc) is 3.30. The zero-order valence-electron chi connectivity index (χ0n) is 12.4. The highest BCUT2D eigenvalue weighted by Crippen LogP contribution is 2.34. The molecule has 1 aromatic rings. The minimum atomic E-state index is 0.543. The molecule has 0 spiro atoms. The molecule has 0 saturated heterocycles. The Balaban J connectivity index is 2.26. The largest absolute Gasteiger partial charge is 0.370 e. The summed E-state index contributed by atoms with van der Waals surface area (Å²) in [5, 5.41) is 12.2. The standard InChI is InChI=1S/C15H23N5/c1-3-9-17-14-13(4-2)15(19-11-18-14)20(10-5-8-16)12-6-7-12/h11-12H,3-7,9-10H2,1-2H3,(H,17,18,19). The van der Waals surface area contributed by atoms with E-state index >= 15 is 0 Å². The van der Waals surface area contributed by atoms with Gasteiger partial charge in [-0.15, -0.1) is 0 Å². The molecule has 1 N–H and O–H groups in total. The van der Waals surface area contributed by atoms with Crippen LogP contribution in [-0.2, 0) is 6.42 Å². The summed E-state index contributed by atoms with van der Waals surface area (Å²) in [4.78, 5) is 11.2. The second-order valence-corrected chi connectivity index (χ2v) is 5.14. The van der Waals surface area contributed by atoms with Gasteiger partial charge in [0.15, 0.2) is 0 Å². The summed E-state index contributed by atoms with van der Waals surface area (Å²) < 4.78 is 0. The lowest BCUT2D eigenvalue weighted by Crippen LogP contribution is -2.29. The van der Waals surface area contributed by atoms with Gasteiger partial charge < -0.3 is 10.2 Å². The van der Waals surface area contributed by atoms with Crippen molar-refractivity contribution in [1.29, 1.82) is 5.26 Å². The molecule has 5 heteroatoms. The lowest BCUT2D eigenvalue weighted by atomic mass is 10.2. The van der Waals surface area contributed by atoms with Crippen molar-refractivity contribution in [3.05, 3.63) is 11.9 Å². The normalized spacial score (nSPS) is 13.8. The number of nitrogens with one attached hydrogen (secondary N) is 1. The third-order valence-electron chi connectivity index (χ3n) is 3.54. The van der Waals surface area contributed by atoms with E-state index in [4.69, 9.17) is 5.26 Å². The van der Waals surface area contributed by atoms with Crippen LogP contribution < -0.4 is 10.2 Å². The molecule has 2 rings (SSSR count). The number of hydrogen-bond acceptors (Lipinski definition) is 5. The summed E-state index contributed by atoms with van der Waals surface area (Å²) in [6.45, 7) is 5.96. The zero-order valence-corrected chi connectivity index (χ0v) is 12.4. The van der Waals surface area contributed by atoms with E-state index in [9.17, 15) is 0 Å². The summed E-state index contributed by atoms with van der Waals surface area (Å²) >= 11 is 0. The van der Waals surface area contributed by atoms with Crippen LogP contribution in [-0.4, -0.2) is 29.1 Å². The molecule has 20 heavy (non-hydrogen) atoms. The molecule has 1 aliphatic carbocycles. The van der Waals surface area contributed by atoms with Gasteiger partial charge in [0.2, 0.25) is 0 Å². The number of anilines is 2. The predicted molar refractivity (Wildman–Crippen MR) is 80.8 cm³/mol. The van der Waals surface area contributed by atoms with Crippen LogP contribution in [0.15, 0.2) is 6.33 Å². The van der Waals surface area contributed by atoms with Crippen LogP contribution in [0.4, 0.5) is 11.6 Å². The molecular weight excluding hydrogens is 250 g/mol. The van der Waals surface area contributed by atoms with Crippen molar-refractivity contribution in [2.75, 3.05) is 23.3 Å². The Morgan fingerprint density at radius 3 is 2.80 bits per heavy atom. The SMILES string of the molecule is CCCNc1ncnc(N(CCC#N)C2CC2)c1CC. The van der Waals surface area contributed by atoms with E-state index in [0.29, 0.717) is 12.5 Å². The number of aromatic nitrogens is 2. The van der Waals surface area contributed by atoms with Crippen LogP contribution in [0.3, 0.4) is 0 Å². The van der Waals surface area contributed by atoms with E-state index in [2.05, 4.69) is 40.1 Å². The molecule has 0 unspecified atom stereocenters. The van der Waals surface area contributed by atoms with Crippen LogP contribution >= 0.6 is 0 Å². The van der Waals surface area contributed by atoms with E-state index in [0.717, 1.165) is 37.6 Å². The average molecular weight is 273 g/mol. The molecule has 0 amide bonds. The molecule has 0 atom stereocenters. The van der Waals surface area contributed by atoms with Crippen LogP contribution in [0.1, 0.15) is 45.1 Å². The highest BCUT2D eigenvalue weighted by Gasteiger charge is 2.31. The second-order valence-electron chi connectivity index (χ2n) is 5.14. The van der Waals surface area contributed by atoms with E-state index < -0.39 is 0 Å². The summed E-state index contributed by atoms with van der Waals surface area (Å²) in [7, 11) is 0. The first-order valence-corrected chi connectivity index (χ1v) is 7.53. The molecule has 108 valence electrons. The van der Waals surface area contributed by atoms with Gasteiger partial charge in [-0.2, -0.15) is 5.26 Å². The first kappa shape index (κ1) is 14.6. The Kier molecular flexibility index (Phi) is 5.16. The van der Waals surface area contributed by atoms with Gasteiger partial charge in [-0.1, -0.05) is 13.8 Å². The maximum atomic E-state index is 8.84. The van der Waals surface area contributed by atoms with Crippen molar-refractivity contribution in [2.45, 2.75) is 52.0 Å². The van der Waals surface area contributed by atoms with Crippen molar-refractivity contribution < 1.29 is 0 Å². The quantitative estimate of drug-likeness (QED) is 0.789. The minimum Gasteiger partial charge on any atom is -0.370 e. The fourth-order valence-corrected chi connectivity index (χ4v) is 2.39. The molecule has 1 heterocycles. The molecule has 1 saturated carbocycles. The van der Waals surface area contributed by atoms with E-state index in [1.165, 1.54) is 18.4 Å². The highest BCUT2D eigenvalue weighted by atomic mass is 15.2. The Bertz CT molecular complexity index is 476. The fourth-order valence-electron chi connectivity index (χ4n) is 2.39. The molecule has 0 aliphatic heterocycles. The van der Waals surface area contributed by atoms with E-state index in [1.54, 1.807) is 6.33 Å². The molecule has 1 aliphatic rings. The molecule has 1 fully saturated rings. The van der Waals surface area contributed by atoms with E-state index in [1.807, 2.05) is 0 Å². The predicted octanol–water partition coefficient (Wildman–Crippen LogP) is 2.74. The lowest BCUT2D eigenvalue weighted by Gasteiger charge is -2.25. The number of rotatable bonds is 8. The van der Waals surface area contributed by atoms with Crippen LogP contribution in [0.25, 0.3) is 0 Å². The summed E-state index contributed by atoms with van der Waals surface area (Å²) in [5.41, 5.74) is 1.17. The highest BCUT2D eigenvalue weighted by molar-refractivity contribution is 5.59. The van der Waals surface area contributed by atoms with Crippen molar-refractivity contribution in [1.82, 2.24) is 9.97 Å². The van der Waals surface area contributed by atoms with E-state index in [-0.39, 0.29) is 0 Å². The van der Waals surface area contributed by atoms with Crippen LogP contribution in [0, 0.1) is 11.3 Å². The molecule has 1 aromatic heterocycles. The maximum Gasteiger partial charge on any atom is 0.137 e. The van der Waals surface area contributed by atoms with Gasteiger partial charge in [-0.05, 0) is 25.7 Å². The van der Waals surface area contributed by atoms with Crippen molar-refractivity contribution in [2.24, 2.45) is 0 Å². The van der Waals surface area contributed by atoms with Gasteiger partial charge in [0.25, 0.3) is 0 Å². The minimum absolute atomic E-state index is 0.543. The van der Waals surface area contributed by atoms with Gasteiger partial charge in [0.1, 0.15) is 18.0 Å². The topological polar surface area (TPSA) is 64.8 Å². The Morgan fingerprint density at radius 1 is 1.40 bits per heavy atom. The van der Waals surface area contributed by atoms with Crippen molar-refractivity contribution >= 4 is 11.6 Å². The molecule has 5 nitrogen and oxygen atoms in total. The Morgan fingerprint density at radius 2 is 2.20 bits per heavy atom. The Hall–Kier alpha value is -1.83. The molecule has 0 aromatic carbocycles. The zero-order chi connectivity index (χ0) is 14.4. The third kappa shape index (κ3) is 3.38. The smallest absolute Gasteiger partial charge is 0.137 e. The first-order chi connectivity index (χ1) is 9.81. The maximum absolute atomic E-state index is 8.84. The number of nitrogens with zero attached hydrogens (tertiary/aromatic N) is 4.